The van der Waals surface area contributed by atoms with Gasteiger partial charge in [-0.15, -0.1) is 0 Å². The molecule has 1 aliphatic heterocycles. The third-order valence-corrected chi connectivity index (χ3v) is 8.31. The molecule has 160 valence electrons. The second kappa shape index (κ2) is 6.81. The molecule has 0 bridgehead atoms. The number of benzene rings is 3. The first-order chi connectivity index (χ1) is 15.7. The fraction of sp³-hybridized carbons (Fsp3) is 0.367. The quantitative estimate of drug-likeness (QED) is 0.277. The van der Waals surface area contributed by atoms with E-state index in [4.69, 9.17) is 4.74 Å². The summed E-state index contributed by atoms with van der Waals surface area (Å²) in [5.74, 6) is 3.02. The van der Waals surface area contributed by atoms with Crippen LogP contribution in [0.4, 0.5) is 0 Å². The summed E-state index contributed by atoms with van der Waals surface area (Å²) in [5.41, 5.74) is 8.32. The number of rotatable bonds is 2. The molecular formula is C30H30NO+. The summed E-state index contributed by atoms with van der Waals surface area (Å²) < 4.78 is 9.20. The molecule has 0 unspecified atom stereocenters. The molecule has 0 amide bonds. The summed E-state index contributed by atoms with van der Waals surface area (Å²) in [5, 5.41) is 5.45. The molecule has 2 heteroatoms. The number of nitrogens with zero attached hydrogens (tertiary/aromatic N) is 1. The number of fused-ring (bicyclic) bond motifs is 3. The first kappa shape index (κ1) is 18.7. The van der Waals surface area contributed by atoms with E-state index in [-0.39, 0.29) is 0 Å². The van der Waals surface area contributed by atoms with Gasteiger partial charge in [-0.3, -0.25) is 0 Å². The normalized spacial score (nSPS) is 17.1. The first-order valence-electron chi connectivity index (χ1n) is 12.4. The van der Waals surface area contributed by atoms with E-state index in [1.165, 1.54) is 100 Å². The second-order valence-corrected chi connectivity index (χ2v) is 10.3. The van der Waals surface area contributed by atoms with Crippen LogP contribution < -0.4 is 9.30 Å². The van der Waals surface area contributed by atoms with Gasteiger partial charge in [0, 0.05) is 11.6 Å². The van der Waals surface area contributed by atoms with Gasteiger partial charge in [0.25, 0.3) is 0 Å². The van der Waals surface area contributed by atoms with Gasteiger partial charge in [0.05, 0.1) is 10.9 Å². The third-order valence-electron chi connectivity index (χ3n) is 8.31. The summed E-state index contributed by atoms with van der Waals surface area (Å²) in [6, 6.07) is 13.9. The zero-order valence-corrected chi connectivity index (χ0v) is 19.1. The lowest BCUT2D eigenvalue weighted by atomic mass is 9.82. The Balaban J connectivity index is 1.53. The lowest BCUT2D eigenvalue weighted by Crippen LogP contribution is -2.32. The SMILES string of the molecule is Cc1c2c(c3c4c(cccc14)CCC3)Oc1cc(CC3CCCC3)cc3cc[n+](C)c-2c13. The molecule has 3 aliphatic rings. The summed E-state index contributed by atoms with van der Waals surface area (Å²) in [6.45, 7) is 2.29. The molecular weight excluding hydrogens is 390 g/mol. The number of aromatic nitrogens is 1. The van der Waals surface area contributed by atoms with Crippen molar-refractivity contribution in [3.8, 4) is 22.8 Å². The predicted molar refractivity (Wildman–Crippen MR) is 131 cm³/mol. The molecule has 3 aromatic carbocycles. The Kier molecular flexibility index (Phi) is 3.98. The second-order valence-electron chi connectivity index (χ2n) is 10.3. The monoisotopic (exact) mass is 420 g/mol. The van der Waals surface area contributed by atoms with E-state index in [9.17, 15) is 0 Å². The van der Waals surface area contributed by atoms with Crippen LogP contribution in [-0.4, -0.2) is 0 Å². The number of hydrogen-bond acceptors (Lipinski definition) is 1. The summed E-state index contributed by atoms with van der Waals surface area (Å²) >= 11 is 0. The van der Waals surface area contributed by atoms with Crippen molar-refractivity contribution in [2.45, 2.75) is 58.3 Å². The van der Waals surface area contributed by atoms with Gasteiger partial charge in [-0.05, 0) is 77.4 Å². The number of ether oxygens (including phenoxy) is 1. The highest BCUT2D eigenvalue weighted by Crippen LogP contribution is 2.52. The molecule has 2 nitrogen and oxygen atoms in total. The topological polar surface area (TPSA) is 13.1 Å². The van der Waals surface area contributed by atoms with E-state index < -0.39 is 0 Å². The Morgan fingerprint density at radius 2 is 1.88 bits per heavy atom. The largest absolute Gasteiger partial charge is 0.455 e. The number of aryl methyl sites for hydroxylation is 4. The van der Waals surface area contributed by atoms with Crippen molar-refractivity contribution in [2.24, 2.45) is 13.0 Å². The van der Waals surface area contributed by atoms with Crippen LogP contribution in [-0.2, 0) is 26.3 Å². The van der Waals surface area contributed by atoms with E-state index in [2.05, 4.69) is 61.1 Å². The van der Waals surface area contributed by atoms with Gasteiger partial charge in [0.15, 0.2) is 6.20 Å². The highest BCUT2D eigenvalue weighted by Gasteiger charge is 2.34. The zero-order valence-electron chi connectivity index (χ0n) is 19.1. The Hall–Kier alpha value is -2.87. The number of hydrogen-bond donors (Lipinski definition) is 0. The minimum atomic E-state index is 0.838. The van der Waals surface area contributed by atoms with Gasteiger partial charge in [-0.2, -0.15) is 0 Å². The zero-order chi connectivity index (χ0) is 21.4. The maximum absolute atomic E-state index is 6.90. The maximum Gasteiger partial charge on any atom is 0.228 e. The van der Waals surface area contributed by atoms with Crippen molar-refractivity contribution in [1.29, 1.82) is 0 Å². The molecule has 0 N–H and O–H groups in total. The minimum Gasteiger partial charge on any atom is -0.455 e. The number of pyridine rings is 1. The highest BCUT2D eigenvalue weighted by atomic mass is 16.5. The van der Waals surface area contributed by atoms with Crippen LogP contribution >= 0.6 is 0 Å². The third kappa shape index (κ3) is 2.56. The van der Waals surface area contributed by atoms with Crippen LogP contribution in [0.1, 0.15) is 54.4 Å². The highest BCUT2D eigenvalue weighted by molar-refractivity contribution is 6.07. The Bertz CT molecular complexity index is 1420. The summed E-state index contributed by atoms with van der Waals surface area (Å²) in [7, 11) is 2.19. The molecule has 0 spiro atoms. The summed E-state index contributed by atoms with van der Waals surface area (Å²) in [4.78, 5) is 0. The van der Waals surface area contributed by atoms with Gasteiger partial charge < -0.3 is 4.74 Å². The fourth-order valence-corrected chi connectivity index (χ4v) is 6.82. The average Bonchev–Trinajstić information content (AvgIpc) is 3.32. The van der Waals surface area contributed by atoms with Crippen LogP contribution in [0.3, 0.4) is 0 Å². The van der Waals surface area contributed by atoms with Gasteiger partial charge in [0.1, 0.15) is 18.5 Å². The van der Waals surface area contributed by atoms with Gasteiger partial charge in [-0.25, -0.2) is 4.57 Å². The smallest absolute Gasteiger partial charge is 0.228 e. The van der Waals surface area contributed by atoms with Crippen molar-refractivity contribution in [2.75, 3.05) is 0 Å². The average molecular weight is 421 g/mol. The van der Waals surface area contributed by atoms with Crippen LogP contribution in [0.5, 0.6) is 11.5 Å². The van der Waals surface area contributed by atoms with Crippen molar-refractivity contribution < 1.29 is 9.30 Å². The maximum atomic E-state index is 6.90. The van der Waals surface area contributed by atoms with Crippen molar-refractivity contribution in [1.82, 2.24) is 0 Å². The van der Waals surface area contributed by atoms with E-state index in [0.717, 1.165) is 23.8 Å². The first-order valence-corrected chi connectivity index (χ1v) is 12.4. The molecule has 1 saturated carbocycles. The molecule has 0 saturated heterocycles. The molecule has 1 aromatic heterocycles. The van der Waals surface area contributed by atoms with Crippen LogP contribution in [0.2, 0.25) is 0 Å². The van der Waals surface area contributed by atoms with Crippen LogP contribution in [0.15, 0.2) is 42.6 Å². The Morgan fingerprint density at radius 1 is 1.00 bits per heavy atom. The van der Waals surface area contributed by atoms with E-state index >= 15 is 0 Å². The molecule has 2 heterocycles. The minimum absolute atomic E-state index is 0.838. The molecule has 1 fully saturated rings. The molecule has 2 aliphatic carbocycles. The molecule has 0 atom stereocenters. The predicted octanol–water partition coefficient (Wildman–Crippen LogP) is 7.12. The van der Waals surface area contributed by atoms with E-state index in [0.29, 0.717) is 0 Å². The van der Waals surface area contributed by atoms with Gasteiger partial charge >= 0.3 is 0 Å². The fourth-order valence-electron chi connectivity index (χ4n) is 6.82. The van der Waals surface area contributed by atoms with Crippen molar-refractivity contribution >= 4 is 21.5 Å². The lowest BCUT2D eigenvalue weighted by molar-refractivity contribution is -0.659. The molecule has 4 aromatic rings. The van der Waals surface area contributed by atoms with E-state index in [1.54, 1.807) is 0 Å². The Labute approximate surface area is 189 Å². The van der Waals surface area contributed by atoms with E-state index in [1.807, 2.05) is 0 Å². The molecule has 0 radical (unpaired) electrons. The molecule has 32 heavy (non-hydrogen) atoms. The Morgan fingerprint density at radius 3 is 2.75 bits per heavy atom. The summed E-state index contributed by atoms with van der Waals surface area (Å²) in [6.07, 6.45) is 12.5. The molecule has 7 rings (SSSR count). The lowest BCUT2D eigenvalue weighted by Gasteiger charge is -2.28. The van der Waals surface area contributed by atoms with Crippen molar-refractivity contribution in [3.63, 3.8) is 0 Å². The van der Waals surface area contributed by atoms with Gasteiger partial charge in [0.2, 0.25) is 5.69 Å². The van der Waals surface area contributed by atoms with Crippen LogP contribution in [0, 0.1) is 12.8 Å². The van der Waals surface area contributed by atoms with Crippen molar-refractivity contribution in [3.05, 3.63) is 64.8 Å². The van der Waals surface area contributed by atoms with Gasteiger partial charge in [-0.1, -0.05) is 49.9 Å². The standard InChI is InChI=1S/C30H30NO/c1-18-23-11-5-9-21-10-6-12-24(27(21)23)30-26(18)29-28-22(13-14-31(29)2)16-20(17-25(28)32-30)15-19-7-3-4-8-19/h5,9,11,13-14,16-17,19H,3-4,6-8,10,12,15H2,1-2H3/q+1. The van der Waals surface area contributed by atoms with Crippen LogP contribution in [0.25, 0.3) is 32.8 Å².